The Balaban J connectivity index is 1.72. The van der Waals surface area contributed by atoms with Crippen molar-refractivity contribution in [3.8, 4) is 11.3 Å². The van der Waals surface area contributed by atoms with Crippen molar-refractivity contribution in [3.63, 3.8) is 0 Å². The number of nitrogens with two attached hydrogens (primary N) is 1. The Morgan fingerprint density at radius 3 is 2.62 bits per heavy atom. The van der Waals surface area contributed by atoms with Crippen LogP contribution in [-0.4, -0.2) is 38.6 Å². The third kappa shape index (κ3) is 2.58. The molecule has 0 radical (unpaired) electrons. The van der Waals surface area contributed by atoms with Gasteiger partial charge in [-0.3, -0.25) is 9.20 Å². The molecule has 1 amide bonds. The average Bonchev–Trinajstić information content (AvgIpc) is 3.10. The van der Waals surface area contributed by atoms with Crippen molar-refractivity contribution in [2.75, 3.05) is 18.0 Å². The van der Waals surface area contributed by atoms with Crippen molar-refractivity contribution in [1.82, 2.24) is 19.6 Å². The van der Waals surface area contributed by atoms with Gasteiger partial charge in [-0.15, -0.1) is 10.2 Å². The SMILES string of the molecule is NC(=O)C1CCN(c2cc(-c3ccccc3)nc3nncn23)CC1. The van der Waals surface area contributed by atoms with Gasteiger partial charge >= 0.3 is 0 Å². The van der Waals surface area contributed by atoms with Gasteiger partial charge in [-0.05, 0) is 12.8 Å². The zero-order valence-corrected chi connectivity index (χ0v) is 13.2. The van der Waals surface area contributed by atoms with Gasteiger partial charge in [0.2, 0.25) is 5.91 Å². The molecule has 7 heteroatoms. The molecule has 1 aromatic carbocycles. The molecule has 1 saturated heterocycles. The fourth-order valence-corrected chi connectivity index (χ4v) is 3.19. The van der Waals surface area contributed by atoms with Crippen LogP contribution in [0.15, 0.2) is 42.7 Å². The van der Waals surface area contributed by atoms with Crippen LogP contribution in [0.5, 0.6) is 0 Å². The molecule has 0 spiro atoms. The van der Waals surface area contributed by atoms with E-state index >= 15 is 0 Å². The summed E-state index contributed by atoms with van der Waals surface area (Å²) in [6, 6.07) is 12.1. The second kappa shape index (κ2) is 5.92. The number of hydrogen-bond acceptors (Lipinski definition) is 5. The number of anilines is 1. The first-order valence-electron chi connectivity index (χ1n) is 8.03. The van der Waals surface area contributed by atoms with E-state index in [0.717, 1.165) is 43.0 Å². The Morgan fingerprint density at radius 2 is 1.92 bits per heavy atom. The molecule has 3 heterocycles. The molecule has 3 aromatic rings. The number of benzene rings is 1. The molecule has 4 rings (SSSR count). The lowest BCUT2D eigenvalue weighted by molar-refractivity contribution is -0.122. The highest BCUT2D eigenvalue weighted by Gasteiger charge is 2.25. The Kier molecular flexibility index (Phi) is 3.60. The lowest BCUT2D eigenvalue weighted by atomic mass is 9.96. The maximum absolute atomic E-state index is 11.4. The van der Waals surface area contributed by atoms with Gasteiger partial charge in [-0.25, -0.2) is 4.98 Å². The van der Waals surface area contributed by atoms with Gasteiger partial charge in [-0.1, -0.05) is 30.3 Å². The van der Waals surface area contributed by atoms with E-state index in [4.69, 9.17) is 5.73 Å². The zero-order valence-electron chi connectivity index (χ0n) is 13.2. The van der Waals surface area contributed by atoms with Gasteiger partial charge in [0.05, 0.1) is 5.69 Å². The largest absolute Gasteiger partial charge is 0.369 e. The molecule has 2 aromatic heterocycles. The Morgan fingerprint density at radius 1 is 1.17 bits per heavy atom. The molecule has 1 aliphatic rings. The minimum atomic E-state index is -0.205. The summed E-state index contributed by atoms with van der Waals surface area (Å²) in [6.45, 7) is 1.55. The highest BCUT2D eigenvalue weighted by Crippen LogP contribution is 2.27. The molecular formula is C17H18N6O. The third-order valence-electron chi connectivity index (χ3n) is 4.55. The highest BCUT2D eigenvalue weighted by atomic mass is 16.1. The van der Waals surface area contributed by atoms with Gasteiger partial charge in [0.15, 0.2) is 0 Å². The summed E-state index contributed by atoms with van der Waals surface area (Å²) in [5.74, 6) is 1.33. The average molecular weight is 322 g/mol. The predicted octanol–water partition coefficient (Wildman–Crippen LogP) is 1.49. The molecule has 0 saturated carbocycles. The van der Waals surface area contributed by atoms with Crippen LogP contribution in [0.1, 0.15) is 12.8 Å². The molecule has 122 valence electrons. The zero-order chi connectivity index (χ0) is 16.5. The van der Waals surface area contributed by atoms with Crippen LogP contribution in [-0.2, 0) is 4.79 Å². The number of primary amides is 1. The maximum atomic E-state index is 11.4. The van der Waals surface area contributed by atoms with E-state index in [1.54, 1.807) is 6.33 Å². The topological polar surface area (TPSA) is 89.4 Å². The number of carbonyl (C=O) groups is 1. The minimum Gasteiger partial charge on any atom is -0.369 e. The van der Waals surface area contributed by atoms with E-state index in [0.29, 0.717) is 5.78 Å². The molecule has 1 fully saturated rings. The van der Waals surface area contributed by atoms with Crippen LogP contribution in [0.4, 0.5) is 5.82 Å². The molecule has 7 nitrogen and oxygen atoms in total. The van der Waals surface area contributed by atoms with E-state index in [2.05, 4.69) is 26.1 Å². The van der Waals surface area contributed by atoms with Crippen molar-refractivity contribution in [3.05, 3.63) is 42.7 Å². The Hall–Kier alpha value is -2.96. The number of piperidine rings is 1. The number of carbonyl (C=O) groups excluding carboxylic acids is 1. The fraction of sp³-hybridized carbons (Fsp3) is 0.294. The molecule has 0 aliphatic carbocycles. The summed E-state index contributed by atoms with van der Waals surface area (Å²) < 4.78 is 1.89. The van der Waals surface area contributed by atoms with Crippen molar-refractivity contribution >= 4 is 17.5 Å². The number of fused-ring (bicyclic) bond motifs is 1. The van der Waals surface area contributed by atoms with Crippen LogP contribution in [0.2, 0.25) is 0 Å². The molecule has 0 unspecified atom stereocenters. The molecule has 1 aliphatic heterocycles. The van der Waals surface area contributed by atoms with Crippen LogP contribution in [0, 0.1) is 5.92 Å². The predicted molar refractivity (Wildman–Crippen MR) is 90.3 cm³/mol. The Labute approximate surface area is 139 Å². The summed E-state index contributed by atoms with van der Waals surface area (Å²) in [5.41, 5.74) is 7.33. The smallest absolute Gasteiger partial charge is 0.256 e. The van der Waals surface area contributed by atoms with Crippen molar-refractivity contribution in [1.29, 1.82) is 0 Å². The number of nitrogens with zero attached hydrogens (tertiary/aromatic N) is 5. The summed E-state index contributed by atoms with van der Waals surface area (Å²) in [7, 11) is 0. The lowest BCUT2D eigenvalue weighted by Gasteiger charge is -2.32. The minimum absolute atomic E-state index is 0.0342. The number of rotatable bonds is 3. The van der Waals surface area contributed by atoms with E-state index in [1.165, 1.54) is 0 Å². The van der Waals surface area contributed by atoms with Gasteiger partial charge in [0.25, 0.3) is 5.78 Å². The number of aromatic nitrogens is 4. The third-order valence-corrected chi connectivity index (χ3v) is 4.55. The first-order valence-corrected chi connectivity index (χ1v) is 8.03. The van der Waals surface area contributed by atoms with Gasteiger partial charge in [-0.2, -0.15) is 0 Å². The molecule has 0 atom stereocenters. The lowest BCUT2D eigenvalue weighted by Crippen LogP contribution is -2.39. The van der Waals surface area contributed by atoms with Gasteiger partial charge in [0.1, 0.15) is 12.1 Å². The van der Waals surface area contributed by atoms with Crippen molar-refractivity contribution < 1.29 is 4.79 Å². The quantitative estimate of drug-likeness (QED) is 0.789. The van der Waals surface area contributed by atoms with Gasteiger partial charge in [0, 0.05) is 30.6 Å². The van der Waals surface area contributed by atoms with E-state index in [-0.39, 0.29) is 11.8 Å². The first-order chi connectivity index (χ1) is 11.7. The summed E-state index contributed by atoms with van der Waals surface area (Å²) in [4.78, 5) is 18.2. The van der Waals surface area contributed by atoms with Crippen molar-refractivity contribution in [2.45, 2.75) is 12.8 Å². The fourth-order valence-electron chi connectivity index (χ4n) is 3.19. The van der Waals surface area contributed by atoms with Gasteiger partial charge < -0.3 is 10.6 Å². The summed E-state index contributed by atoms with van der Waals surface area (Å²) in [5, 5.41) is 8.09. The second-order valence-electron chi connectivity index (χ2n) is 6.03. The number of hydrogen-bond donors (Lipinski definition) is 1. The molecule has 0 bridgehead atoms. The van der Waals surface area contributed by atoms with Crippen LogP contribution < -0.4 is 10.6 Å². The van der Waals surface area contributed by atoms with Crippen LogP contribution >= 0.6 is 0 Å². The van der Waals surface area contributed by atoms with Crippen molar-refractivity contribution in [2.24, 2.45) is 11.7 Å². The standard InChI is InChI=1S/C17H18N6O/c18-16(24)13-6-8-22(9-7-13)15-10-14(12-4-2-1-3-5-12)20-17-21-19-11-23(15)17/h1-5,10-11,13H,6-9H2,(H2,18,24). The molecule has 2 N–H and O–H groups in total. The summed E-state index contributed by atoms with van der Waals surface area (Å²) in [6.07, 6.45) is 3.20. The number of amides is 1. The van der Waals surface area contributed by atoms with Crippen LogP contribution in [0.3, 0.4) is 0 Å². The monoisotopic (exact) mass is 322 g/mol. The van der Waals surface area contributed by atoms with Crippen LogP contribution in [0.25, 0.3) is 17.0 Å². The highest BCUT2D eigenvalue weighted by molar-refractivity contribution is 5.77. The molecular weight excluding hydrogens is 304 g/mol. The van der Waals surface area contributed by atoms with E-state index < -0.39 is 0 Å². The first kappa shape index (κ1) is 14.6. The normalized spacial score (nSPS) is 15.8. The molecule has 24 heavy (non-hydrogen) atoms. The summed E-state index contributed by atoms with van der Waals surface area (Å²) >= 11 is 0. The Bertz CT molecular complexity index is 867. The second-order valence-corrected chi connectivity index (χ2v) is 6.03. The van der Waals surface area contributed by atoms with E-state index in [1.807, 2.05) is 34.7 Å². The maximum Gasteiger partial charge on any atom is 0.256 e. The van der Waals surface area contributed by atoms with E-state index in [9.17, 15) is 4.79 Å².